The van der Waals surface area contributed by atoms with Gasteiger partial charge in [0.05, 0.1) is 13.0 Å². The smallest absolute Gasteiger partial charge is 0.224 e. The van der Waals surface area contributed by atoms with E-state index in [2.05, 4.69) is 31.2 Å². The SMILES string of the molecule is COCCC(=O)N1CCC(c2cc(Cc3ccc(Cl)cc3)cc(C)n2)CC1. The number of likely N-dealkylation sites (tertiary alicyclic amines) is 1. The quantitative estimate of drug-likeness (QED) is 0.740. The summed E-state index contributed by atoms with van der Waals surface area (Å²) in [6.45, 7) is 4.15. The van der Waals surface area contributed by atoms with E-state index >= 15 is 0 Å². The Kier molecular flexibility index (Phi) is 6.86. The molecule has 0 atom stereocenters. The van der Waals surface area contributed by atoms with Gasteiger partial charge in [-0.25, -0.2) is 0 Å². The van der Waals surface area contributed by atoms with Gasteiger partial charge in [-0.1, -0.05) is 23.7 Å². The minimum atomic E-state index is 0.191. The molecule has 3 rings (SSSR count). The van der Waals surface area contributed by atoms with Crippen molar-refractivity contribution in [3.8, 4) is 0 Å². The van der Waals surface area contributed by atoms with Crippen molar-refractivity contribution in [2.45, 2.75) is 38.5 Å². The number of halogens is 1. The van der Waals surface area contributed by atoms with E-state index in [1.165, 1.54) is 11.1 Å². The molecule has 144 valence electrons. The Hall–Kier alpha value is -1.91. The average Bonchev–Trinajstić information content (AvgIpc) is 2.67. The number of ether oxygens (including phenoxy) is 1. The normalized spacial score (nSPS) is 15.1. The molecule has 0 unspecified atom stereocenters. The lowest BCUT2D eigenvalue weighted by molar-refractivity contribution is -0.133. The van der Waals surface area contributed by atoms with Crippen LogP contribution in [-0.2, 0) is 16.0 Å². The number of hydrogen-bond donors (Lipinski definition) is 0. The molecular weight excluding hydrogens is 360 g/mol. The maximum absolute atomic E-state index is 12.2. The highest BCUT2D eigenvalue weighted by Crippen LogP contribution is 2.28. The van der Waals surface area contributed by atoms with Crippen molar-refractivity contribution in [1.29, 1.82) is 0 Å². The van der Waals surface area contributed by atoms with E-state index in [1.54, 1.807) is 7.11 Å². The number of nitrogens with zero attached hydrogens (tertiary/aromatic N) is 2. The summed E-state index contributed by atoms with van der Waals surface area (Å²) in [5, 5.41) is 0.761. The van der Waals surface area contributed by atoms with E-state index < -0.39 is 0 Å². The zero-order valence-electron chi connectivity index (χ0n) is 16.1. The Balaban J connectivity index is 1.64. The van der Waals surface area contributed by atoms with E-state index in [-0.39, 0.29) is 5.91 Å². The summed E-state index contributed by atoms with van der Waals surface area (Å²) in [6, 6.07) is 12.4. The van der Waals surface area contributed by atoms with Crippen molar-refractivity contribution < 1.29 is 9.53 Å². The molecule has 0 spiro atoms. The molecule has 4 nitrogen and oxygen atoms in total. The molecule has 0 saturated carbocycles. The number of piperidine rings is 1. The third-order valence-corrected chi connectivity index (χ3v) is 5.39. The van der Waals surface area contributed by atoms with Crippen LogP contribution in [0.1, 0.15) is 47.7 Å². The second-order valence-corrected chi connectivity index (χ2v) is 7.68. The van der Waals surface area contributed by atoms with Crippen LogP contribution < -0.4 is 0 Å². The molecule has 1 amide bonds. The lowest BCUT2D eigenvalue weighted by Crippen LogP contribution is -2.38. The topological polar surface area (TPSA) is 42.4 Å². The van der Waals surface area contributed by atoms with Crippen LogP contribution >= 0.6 is 11.6 Å². The average molecular weight is 387 g/mol. The van der Waals surface area contributed by atoms with Gasteiger partial charge in [0.15, 0.2) is 0 Å². The monoisotopic (exact) mass is 386 g/mol. The van der Waals surface area contributed by atoms with Crippen LogP contribution in [0.15, 0.2) is 36.4 Å². The van der Waals surface area contributed by atoms with Gasteiger partial charge in [0.25, 0.3) is 0 Å². The van der Waals surface area contributed by atoms with Crippen molar-refractivity contribution in [2.24, 2.45) is 0 Å². The predicted octanol–water partition coefficient (Wildman–Crippen LogP) is 4.38. The Morgan fingerprint density at radius 3 is 2.56 bits per heavy atom. The van der Waals surface area contributed by atoms with Crippen LogP contribution in [0.3, 0.4) is 0 Å². The Labute approximate surface area is 166 Å². The number of hydrogen-bond acceptors (Lipinski definition) is 3. The first-order valence-corrected chi connectivity index (χ1v) is 9.91. The van der Waals surface area contributed by atoms with E-state index in [1.807, 2.05) is 17.0 Å². The summed E-state index contributed by atoms with van der Waals surface area (Å²) in [6.07, 6.45) is 3.28. The van der Waals surface area contributed by atoms with Crippen LogP contribution in [0.25, 0.3) is 0 Å². The summed E-state index contributed by atoms with van der Waals surface area (Å²) in [5.74, 6) is 0.608. The van der Waals surface area contributed by atoms with Crippen molar-refractivity contribution >= 4 is 17.5 Å². The van der Waals surface area contributed by atoms with E-state index in [0.29, 0.717) is 18.9 Å². The molecule has 5 heteroatoms. The van der Waals surface area contributed by atoms with Gasteiger partial charge in [0.1, 0.15) is 0 Å². The standard InChI is InChI=1S/C22H27ClN2O2/c1-16-13-18(14-17-3-5-20(23)6-4-17)15-21(24-16)19-7-10-25(11-8-19)22(26)9-12-27-2/h3-6,13,15,19H,7-12,14H2,1-2H3. The number of benzene rings is 1. The lowest BCUT2D eigenvalue weighted by Gasteiger charge is -2.32. The summed E-state index contributed by atoms with van der Waals surface area (Å²) in [4.78, 5) is 18.9. The van der Waals surface area contributed by atoms with Crippen LogP contribution in [0.2, 0.25) is 5.02 Å². The number of aryl methyl sites for hydroxylation is 1. The Morgan fingerprint density at radius 1 is 1.19 bits per heavy atom. The van der Waals surface area contributed by atoms with Crippen molar-refractivity contribution in [2.75, 3.05) is 26.8 Å². The second kappa shape index (κ2) is 9.34. The molecule has 27 heavy (non-hydrogen) atoms. The molecule has 1 aromatic heterocycles. The highest BCUT2D eigenvalue weighted by Gasteiger charge is 2.24. The highest BCUT2D eigenvalue weighted by atomic mass is 35.5. The fourth-order valence-electron chi connectivity index (χ4n) is 3.69. The van der Waals surface area contributed by atoms with Gasteiger partial charge < -0.3 is 9.64 Å². The summed E-state index contributed by atoms with van der Waals surface area (Å²) in [5.41, 5.74) is 4.73. The van der Waals surface area contributed by atoms with Gasteiger partial charge in [-0.15, -0.1) is 0 Å². The number of carbonyl (C=O) groups is 1. The van der Waals surface area contributed by atoms with Gasteiger partial charge in [0, 0.05) is 42.5 Å². The fourth-order valence-corrected chi connectivity index (χ4v) is 3.82. The van der Waals surface area contributed by atoms with Crippen molar-refractivity contribution in [3.05, 3.63) is 63.9 Å². The van der Waals surface area contributed by atoms with Gasteiger partial charge in [0.2, 0.25) is 5.91 Å². The van der Waals surface area contributed by atoms with E-state index in [9.17, 15) is 4.79 Å². The first kappa shape index (κ1) is 19.8. The largest absolute Gasteiger partial charge is 0.384 e. The Bertz CT molecular complexity index is 768. The predicted molar refractivity (Wildman–Crippen MR) is 108 cm³/mol. The third-order valence-electron chi connectivity index (χ3n) is 5.14. The maximum Gasteiger partial charge on any atom is 0.224 e. The van der Waals surface area contributed by atoms with Crippen molar-refractivity contribution in [1.82, 2.24) is 9.88 Å². The van der Waals surface area contributed by atoms with E-state index in [4.69, 9.17) is 21.3 Å². The first-order chi connectivity index (χ1) is 13.0. The van der Waals surface area contributed by atoms with Crippen LogP contribution in [-0.4, -0.2) is 42.6 Å². The molecule has 1 aromatic carbocycles. The maximum atomic E-state index is 12.2. The number of rotatable bonds is 6. The van der Waals surface area contributed by atoms with Crippen LogP contribution in [0, 0.1) is 6.92 Å². The Morgan fingerprint density at radius 2 is 1.89 bits per heavy atom. The molecule has 2 aromatic rings. The first-order valence-electron chi connectivity index (χ1n) is 9.54. The minimum Gasteiger partial charge on any atom is -0.384 e. The zero-order valence-corrected chi connectivity index (χ0v) is 16.8. The fraction of sp³-hybridized carbons (Fsp3) is 0.455. The van der Waals surface area contributed by atoms with E-state index in [0.717, 1.165) is 48.8 Å². The van der Waals surface area contributed by atoms with Crippen LogP contribution in [0.5, 0.6) is 0 Å². The summed E-state index contributed by atoms with van der Waals surface area (Å²) in [7, 11) is 1.63. The van der Waals surface area contributed by atoms with Gasteiger partial charge in [-0.2, -0.15) is 0 Å². The zero-order chi connectivity index (χ0) is 19.2. The van der Waals surface area contributed by atoms with Gasteiger partial charge in [-0.05, 0) is 61.6 Å². The van der Waals surface area contributed by atoms with Crippen LogP contribution in [0.4, 0.5) is 0 Å². The molecule has 1 fully saturated rings. The summed E-state index contributed by atoms with van der Waals surface area (Å²) >= 11 is 5.98. The van der Waals surface area contributed by atoms with Gasteiger partial charge in [-0.3, -0.25) is 9.78 Å². The molecular formula is C22H27ClN2O2. The minimum absolute atomic E-state index is 0.191. The molecule has 0 N–H and O–H groups in total. The van der Waals surface area contributed by atoms with Gasteiger partial charge >= 0.3 is 0 Å². The third kappa shape index (κ3) is 5.53. The highest BCUT2D eigenvalue weighted by molar-refractivity contribution is 6.30. The molecule has 1 aliphatic rings. The molecule has 0 aliphatic carbocycles. The summed E-state index contributed by atoms with van der Waals surface area (Å²) < 4.78 is 5.01. The number of pyridine rings is 1. The number of methoxy groups -OCH3 is 1. The second-order valence-electron chi connectivity index (χ2n) is 7.24. The molecule has 0 bridgehead atoms. The molecule has 1 saturated heterocycles. The molecule has 0 radical (unpaired) electrons. The number of aromatic nitrogens is 1. The lowest BCUT2D eigenvalue weighted by atomic mass is 9.91. The number of carbonyl (C=O) groups excluding carboxylic acids is 1. The van der Waals surface area contributed by atoms with Crippen molar-refractivity contribution in [3.63, 3.8) is 0 Å². The molecule has 1 aliphatic heterocycles. The molecule has 2 heterocycles. The number of amides is 1.